The second-order valence-electron chi connectivity index (χ2n) is 18.6. The van der Waals surface area contributed by atoms with Crippen molar-refractivity contribution in [3.05, 3.63) is 96.1 Å². The molecule has 0 aliphatic carbocycles. The summed E-state index contributed by atoms with van der Waals surface area (Å²) in [7, 11) is 14.5. The number of nitrogens with zero attached hydrogens (tertiary/aromatic N) is 5. The normalized spacial score (nSPS) is 11.8. The number of hydrogen-bond donors (Lipinski definition) is 2. The second kappa shape index (κ2) is 24.4. The number of ketones is 2. The van der Waals surface area contributed by atoms with Crippen LogP contribution in [-0.2, 0) is 35.8 Å². The first-order valence-corrected chi connectivity index (χ1v) is 24.2. The molecule has 64 heavy (non-hydrogen) atoms. The zero-order valence-electron chi connectivity index (χ0n) is 40.3. The van der Waals surface area contributed by atoms with E-state index in [0.717, 1.165) is 103 Å². The first-order chi connectivity index (χ1) is 31.0. The van der Waals surface area contributed by atoms with Crippen LogP contribution in [0.25, 0.3) is 43.6 Å². The van der Waals surface area contributed by atoms with Crippen molar-refractivity contribution in [1.82, 2.24) is 15.5 Å². The molecule has 6 aromatic rings. The van der Waals surface area contributed by atoms with Gasteiger partial charge in [-0.1, -0.05) is 12.1 Å². The number of pyridine rings is 2. The lowest BCUT2D eigenvalue weighted by Crippen LogP contribution is -2.36. The predicted octanol–water partition coefficient (Wildman–Crippen LogP) is 9.68. The van der Waals surface area contributed by atoms with Crippen LogP contribution in [0, 0.1) is 0 Å². The first-order valence-electron chi connectivity index (χ1n) is 24.2. The lowest BCUT2D eigenvalue weighted by molar-refractivity contribution is -0.646. The zero-order chi connectivity index (χ0) is 45.4. The van der Waals surface area contributed by atoms with Gasteiger partial charge in [-0.15, -0.1) is 0 Å². The lowest BCUT2D eigenvalue weighted by Gasteiger charge is -2.16. The van der Waals surface area contributed by atoms with Gasteiger partial charge in [0.25, 0.3) is 0 Å². The van der Waals surface area contributed by atoms with Crippen LogP contribution in [0.4, 0.5) is 11.4 Å². The molecule has 2 heterocycles. The Balaban J connectivity index is 0.839. The summed E-state index contributed by atoms with van der Waals surface area (Å²) in [5.74, 6) is 0.796. The smallest absolute Gasteiger partial charge is 0.215 e. The number of carbonyl (C=O) groups is 2. The molecule has 0 atom stereocenters. The summed E-state index contributed by atoms with van der Waals surface area (Å²) in [5.41, 5.74) is 10.0. The van der Waals surface area contributed by atoms with Gasteiger partial charge in [0.1, 0.15) is 24.7 Å². The number of aromatic nitrogens is 2. The molecule has 0 aliphatic heterocycles. The van der Waals surface area contributed by atoms with Crippen LogP contribution in [-0.4, -0.2) is 78.9 Å². The number of benzene rings is 4. The molecule has 0 bridgehead atoms. The van der Waals surface area contributed by atoms with Crippen LogP contribution in [0.15, 0.2) is 84.9 Å². The van der Waals surface area contributed by atoms with Crippen LogP contribution >= 0.6 is 0 Å². The van der Waals surface area contributed by atoms with Crippen molar-refractivity contribution in [1.29, 1.82) is 0 Å². The minimum Gasteiger partial charge on any atom is -0.377 e. The quantitative estimate of drug-likeness (QED) is 0.0289. The van der Waals surface area contributed by atoms with Crippen molar-refractivity contribution in [3.63, 3.8) is 0 Å². The Hall–Kier alpha value is -4.96. The average Bonchev–Trinajstić information content (AvgIpc) is 3.28. The number of unbranched alkanes of at least 4 members (excludes halogenated alkanes) is 6. The number of anilines is 2. The van der Waals surface area contributed by atoms with E-state index in [1.165, 1.54) is 66.1 Å². The number of aryl methyl sites for hydroxylation is 2. The fourth-order valence-electron chi connectivity index (χ4n) is 9.23. The maximum atomic E-state index is 12.8. The van der Waals surface area contributed by atoms with Crippen molar-refractivity contribution in [3.8, 4) is 0 Å². The van der Waals surface area contributed by atoms with Gasteiger partial charge in [0, 0.05) is 137 Å². The highest BCUT2D eigenvalue weighted by Gasteiger charge is 2.19. The topological polar surface area (TPSA) is 75.7 Å². The van der Waals surface area contributed by atoms with Crippen LogP contribution in [0.3, 0.4) is 0 Å². The second-order valence-corrected chi connectivity index (χ2v) is 18.6. The minimum absolute atomic E-state index is 0.397. The van der Waals surface area contributed by atoms with Crippen LogP contribution in [0.2, 0.25) is 0 Å². The highest BCUT2D eigenvalue weighted by Crippen LogP contribution is 2.26. The van der Waals surface area contributed by atoms with Gasteiger partial charge in [-0.05, 0) is 145 Å². The van der Waals surface area contributed by atoms with E-state index < -0.39 is 0 Å². The van der Waals surface area contributed by atoms with Gasteiger partial charge >= 0.3 is 0 Å². The summed E-state index contributed by atoms with van der Waals surface area (Å²) < 4.78 is 4.98. The first kappa shape index (κ1) is 48.5. The highest BCUT2D eigenvalue weighted by atomic mass is 16.1. The molecule has 342 valence electrons. The highest BCUT2D eigenvalue weighted by molar-refractivity contribution is 5.92. The lowest BCUT2D eigenvalue weighted by atomic mass is 10.0. The molecule has 6 rings (SSSR count). The van der Waals surface area contributed by atoms with Gasteiger partial charge in [0.2, 0.25) is 22.1 Å². The Morgan fingerprint density at radius 1 is 0.438 bits per heavy atom. The van der Waals surface area contributed by atoms with Gasteiger partial charge in [0.15, 0.2) is 0 Å². The zero-order valence-corrected chi connectivity index (χ0v) is 40.3. The fraction of sp³-hybridized carbons (Fsp3) is 0.491. The van der Waals surface area contributed by atoms with E-state index in [4.69, 9.17) is 0 Å². The Kier molecular flexibility index (Phi) is 18.5. The number of rotatable bonds is 28. The van der Waals surface area contributed by atoms with Gasteiger partial charge in [-0.3, -0.25) is 9.59 Å². The third-order valence-electron chi connectivity index (χ3n) is 13.0. The van der Waals surface area contributed by atoms with Crippen molar-refractivity contribution in [2.45, 2.75) is 116 Å². The SMILES string of the molecule is CNCc1ccc2cc3ccc(CNC)cc3[n+](CCCCCC(=O)CCCCN(C)CCCCC(=O)CCCCC[n+]3c4cc(N(C)C)ccc4cc4ccc(N(C)C)cc43)c2c1. The molecule has 0 amide bonds. The minimum atomic E-state index is 0.397. The van der Waals surface area contributed by atoms with Gasteiger partial charge in [-0.2, -0.15) is 9.13 Å². The van der Waals surface area contributed by atoms with E-state index in [1.807, 2.05) is 14.1 Å². The summed E-state index contributed by atoms with van der Waals surface area (Å²) in [6, 6.07) is 31.7. The molecule has 0 aliphatic rings. The summed E-state index contributed by atoms with van der Waals surface area (Å²) in [6.45, 7) is 5.56. The molecular formula is C55H77N7O2+2. The molecule has 0 saturated carbocycles. The van der Waals surface area contributed by atoms with E-state index in [1.54, 1.807) is 0 Å². The molecule has 0 unspecified atom stereocenters. The maximum Gasteiger partial charge on any atom is 0.215 e. The molecule has 0 spiro atoms. The van der Waals surface area contributed by atoms with Crippen LogP contribution in [0.5, 0.6) is 0 Å². The monoisotopic (exact) mass is 868 g/mol. The average molecular weight is 868 g/mol. The molecule has 0 saturated heterocycles. The van der Waals surface area contributed by atoms with E-state index in [-0.39, 0.29) is 0 Å². The molecule has 0 fully saturated rings. The molecular weight excluding hydrogens is 791 g/mol. The molecule has 9 nitrogen and oxygen atoms in total. The van der Waals surface area contributed by atoms with E-state index >= 15 is 0 Å². The Bertz CT molecular complexity index is 2350. The van der Waals surface area contributed by atoms with E-state index in [9.17, 15) is 9.59 Å². The maximum absolute atomic E-state index is 12.8. The number of fused-ring (bicyclic) bond motifs is 4. The largest absolute Gasteiger partial charge is 0.377 e. The van der Waals surface area contributed by atoms with E-state index in [0.29, 0.717) is 37.2 Å². The van der Waals surface area contributed by atoms with Gasteiger partial charge in [-0.25, -0.2) is 0 Å². The molecule has 2 N–H and O–H groups in total. The third-order valence-corrected chi connectivity index (χ3v) is 13.0. The molecule has 9 heteroatoms. The summed E-state index contributed by atoms with van der Waals surface area (Å²) in [6.07, 6.45) is 12.8. The summed E-state index contributed by atoms with van der Waals surface area (Å²) in [4.78, 5) is 32.3. The van der Waals surface area contributed by atoms with Crippen molar-refractivity contribution < 1.29 is 18.7 Å². The fourth-order valence-corrected chi connectivity index (χ4v) is 9.23. The third kappa shape index (κ3) is 13.5. The predicted molar refractivity (Wildman–Crippen MR) is 270 cm³/mol. The van der Waals surface area contributed by atoms with E-state index in [2.05, 4.69) is 155 Å². The standard InChI is InChI=1S/C55H77N7O2/c1-56-40-42-22-24-44-36-45-25-23-43(41-57-2)35-53(45)61(52(44)34-42)32-14-8-10-18-50(63)20-12-16-30-60(7)31-17-13-21-51(64)19-11-9-15-33-62-54-38-48(58(3)4)28-26-46(54)37-47-27-29-49(59(5)6)39-55(47)62/h22-29,34-39,56-57H,8-21,30-33,40-41H2,1-7H3/q+2. The van der Waals surface area contributed by atoms with Gasteiger partial charge < -0.3 is 25.3 Å². The number of nitrogens with one attached hydrogen (secondary N) is 2. The molecule has 2 aromatic heterocycles. The molecule has 0 radical (unpaired) electrons. The van der Waals surface area contributed by atoms with Crippen molar-refractivity contribution >= 4 is 66.6 Å². The summed E-state index contributed by atoms with van der Waals surface area (Å²) in [5, 5.41) is 11.6. The van der Waals surface area contributed by atoms with Crippen LogP contribution in [0.1, 0.15) is 101 Å². The van der Waals surface area contributed by atoms with Crippen molar-refractivity contribution in [2.24, 2.45) is 0 Å². The number of carbonyl (C=O) groups excluding carboxylic acids is 2. The van der Waals surface area contributed by atoms with Crippen LogP contribution < -0.4 is 29.6 Å². The molecule has 4 aromatic carbocycles. The number of hydrogen-bond acceptors (Lipinski definition) is 7. The number of Topliss-reactive ketones (excluding diaryl/α,β-unsaturated/α-hetero) is 2. The Morgan fingerprint density at radius 3 is 1.17 bits per heavy atom. The summed E-state index contributed by atoms with van der Waals surface area (Å²) >= 11 is 0. The van der Waals surface area contributed by atoms with Crippen molar-refractivity contribution in [2.75, 3.05) is 72.2 Å². The Labute approximate surface area is 383 Å². The van der Waals surface area contributed by atoms with Gasteiger partial charge in [0.05, 0.1) is 0 Å². The Morgan fingerprint density at radius 2 is 0.797 bits per heavy atom.